The molecule has 78 valence electrons. The van der Waals surface area contributed by atoms with Gasteiger partial charge in [-0.05, 0) is 57.7 Å². The van der Waals surface area contributed by atoms with Gasteiger partial charge in [0, 0.05) is 0 Å². The standard InChI is InChI=1S/C9H12I2N2O/c1-2-3-6(12)8-9(14)5(10)4-7(11)13-8/h4,6,14H,2-3,12H2,1H3/t6-/m0/s1. The van der Waals surface area contributed by atoms with Gasteiger partial charge < -0.3 is 10.8 Å². The van der Waals surface area contributed by atoms with E-state index in [0.717, 1.165) is 20.1 Å². The minimum Gasteiger partial charge on any atom is -0.505 e. The van der Waals surface area contributed by atoms with Crippen LogP contribution in [0.25, 0.3) is 0 Å². The molecule has 0 radical (unpaired) electrons. The summed E-state index contributed by atoms with van der Waals surface area (Å²) in [4.78, 5) is 4.26. The third-order valence-electron chi connectivity index (χ3n) is 1.89. The lowest BCUT2D eigenvalue weighted by Gasteiger charge is -2.12. The Hall–Kier alpha value is 0.370. The number of rotatable bonds is 3. The van der Waals surface area contributed by atoms with Gasteiger partial charge in [-0.1, -0.05) is 13.3 Å². The molecule has 0 bridgehead atoms. The van der Waals surface area contributed by atoms with Crippen LogP contribution in [-0.4, -0.2) is 10.1 Å². The average Bonchev–Trinajstić information content (AvgIpc) is 2.11. The molecule has 1 rings (SSSR count). The normalized spacial score (nSPS) is 12.9. The highest BCUT2D eigenvalue weighted by atomic mass is 127. The van der Waals surface area contributed by atoms with Crippen LogP contribution in [0.3, 0.4) is 0 Å². The predicted octanol–water partition coefficient (Wildman–Crippen LogP) is 2.80. The molecule has 0 saturated carbocycles. The van der Waals surface area contributed by atoms with E-state index in [2.05, 4.69) is 57.1 Å². The van der Waals surface area contributed by atoms with E-state index < -0.39 is 0 Å². The molecule has 0 aliphatic heterocycles. The number of nitrogens with zero attached hydrogens (tertiary/aromatic N) is 1. The highest BCUT2D eigenvalue weighted by molar-refractivity contribution is 14.1. The summed E-state index contributed by atoms with van der Waals surface area (Å²) in [5.41, 5.74) is 6.53. The molecule has 1 atom stereocenters. The summed E-state index contributed by atoms with van der Waals surface area (Å²) in [5.74, 6) is 0.229. The fourth-order valence-corrected chi connectivity index (χ4v) is 2.94. The number of pyridine rings is 1. The lowest BCUT2D eigenvalue weighted by atomic mass is 10.1. The molecule has 3 nitrogen and oxygen atoms in total. The molecular weight excluding hydrogens is 406 g/mol. The van der Waals surface area contributed by atoms with Crippen molar-refractivity contribution in [3.63, 3.8) is 0 Å². The zero-order valence-electron chi connectivity index (χ0n) is 7.80. The second-order valence-electron chi connectivity index (χ2n) is 3.06. The lowest BCUT2D eigenvalue weighted by molar-refractivity contribution is 0.447. The maximum Gasteiger partial charge on any atom is 0.152 e. The van der Waals surface area contributed by atoms with Gasteiger partial charge in [-0.3, -0.25) is 0 Å². The first-order valence-corrected chi connectivity index (χ1v) is 6.52. The number of hydrogen-bond donors (Lipinski definition) is 2. The van der Waals surface area contributed by atoms with Gasteiger partial charge in [0.2, 0.25) is 0 Å². The summed E-state index contributed by atoms with van der Waals surface area (Å²) < 4.78 is 1.68. The van der Waals surface area contributed by atoms with Crippen LogP contribution in [0.5, 0.6) is 5.75 Å². The number of halogens is 2. The van der Waals surface area contributed by atoms with Crippen LogP contribution in [0.15, 0.2) is 6.07 Å². The Balaban J connectivity index is 3.07. The minimum atomic E-state index is -0.164. The largest absolute Gasteiger partial charge is 0.505 e. The van der Waals surface area contributed by atoms with Gasteiger partial charge in [-0.25, -0.2) is 4.98 Å². The van der Waals surface area contributed by atoms with Crippen molar-refractivity contribution in [2.75, 3.05) is 0 Å². The van der Waals surface area contributed by atoms with Crippen LogP contribution in [0.4, 0.5) is 0 Å². The lowest BCUT2D eigenvalue weighted by Crippen LogP contribution is -2.13. The molecule has 0 fully saturated rings. The van der Waals surface area contributed by atoms with Crippen LogP contribution in [0.1, 0.15) is 31.5 Å². The SMILES string of the molecule is CCC[C@H](N)c1nc(I)cc(I)c1O. The van der Waals surface area contributed by atoms with E-state index in [1.807, 2.05) is 6.07 Å². The zero-order chi connectivity index (χ0) is 10.7. The molecule has 0 aliphatic rings. The van der Waals surface area contributed by atoms with Crippen molar-refractivity contribution in [2.45, 2.75) is 25.8 Å². The van der Waals surface area contributed by atoms with Gasteiger partial charge in [0.15, 0.2) is 5.75 Å². The smallest absolute Gasteiger partial charge is 0.152 e. The summed E-state index contributed by atoms with van der Waals surface area (Å²) >= 11 is 4.21. The van der Waals surface area contributed by atoms with Crippen LogP contribution in [0, 0.1) is 7.27 Å². The Labute approximate surface area is 111 Å². The molecule has 0 unspecified atom stereocenters. The molecule has 1 aromatic heterocycles. The van der Waals surface area contributed by atoms with Crippen molar-refractivity contribution in [1.29, 1.82) is 0 Å². The zero-order valence-corrected chi connectivity index (χ0v) is 12.1. The fourth-order valence-electron chi connectivity index (χ4n) is 1.20. The Bertz CT molecular complexity index is 331. The van der Waals surface area contributed by atoms with Crippen LogP contribution < -0.4 is 5.73 Å². The highest BCUT2D eigenvalue weighted by Crippen LogP contribution is 2.29. The van der Waals surface area contributed by atoms with Crippen LogP contribution >= 0.6 is 45.2 Å². The highest BCUT2D eigenvalue weighted by Gasteiger charge is 2.15. The van der Waals surface area contributed by atoms with Gasteiger partial charge >= 0.3 is 0 Å². The summed E-state index contributed by atoms with van der Waals surface area (Å²) in [7, 11) is 0. The maximum atomic E-state index is 9.77. The van der Waals surface area contributed by atoms with Crippen molar-refractivity contribution < 1.29 is 5.11 Å². The first-order valence-electron chi connectivity index (χ1n) is 4.36. The van der Waals surface area contributed by atoms with Gasteiger partial charge in [-0.2, -0.15) is 0 Å². The first-order chi connectivity index (χ1) is 6.56. The topological polar surface area (TPSA) is 59.1 Å². The van der Waals surface area contributed by atoms with Crippen molar-refractivity contribution in [1.82, 2.24) is 4.98 Å². The molecule has 3 N–H and O–H groups in total. The van der Waals surface area contributed by atoms with E-state index in [4.69, 9.17) is 5.73 Å². The molecule has 0 aromatic carbocycles. The Morgan fingerprint density at radius 3 is 2.79 bits per heavy atom. The van der Waals surface area contributed by atoms with Crippen molar-refractivity contribution >= 4 is 45.2 Å². The summed E-state index contributed by atoms with van der Waals surface area (Å²) in [6.45, 7) is 2.07. The van der Waals surface area contributed by atoms with Crippen LogP contribution in [-0.2, 0) is 0 Å². The average molecular weight is 418 g/mol. The molecule has 14 heavy (non-hydrogen) atoms. The van der Waals surface area contributed by atoms with Crippen molar-refractivity contribution in [3.05, 3.63) is 19.0 Å². The number of aromatic hydroxyl groups is 1. The van der Waals surface area contributed by atoms with E-state index in [0.29, 0.717) is 5.69 Å². The Morgan fingerprint density at radius 2 is 2.21 bits per heavy atom. The Kier molecular flexibility index (Phi) is 4.84. The van der Waals surface area contributed by atoms with Crippen molar-refractivity contribution in [2.24, 2.45) is 5.73 Å². The van der Waals surface area contributed by atoms with E-state index in [9.17, 15) is 5.11 Å². The summed E-state index contributed by atoms with van der Waals surface area (Å²) in [6.07, 6.45) is 1.83. The first kappa shape index (κ1) is 12.4. The van der Waals surface area contributed by atoms with Gasteiger partial charge in [0.25, 0.3) is 0 Å². The third kappa shape index (κ3) is 2.93. The molecule has 1 aromatic rings. The van der Waals surface area contributed by atoms with E-state index in [-0.39, 0.29) is 11.8 Å². The maximum absolute atomic E-state index is 9.77. The predicted molar refractivity (Wildman–Crippen MR) is 73.2 cm³/mol. The second kappa shape index (κ2) is 5.45. The van der Waals surface area contributed by atoms with Crippen molar-refractivity contribution in [3.8, 4) is 5.75 Å². The van der Waals surface area contributed by atoms with E-state index >= 15 is 0 Å². The number of aromatic nitrogens is 1. The molecule has 0 saturated heterocycles. The Morgan fingerprint density at radius 1 is 1.57 bits per heavy atom. The summed E-state index contributed by atoms with van der Waals surface area (Å²) in [5, 5.41) is 9.77. The second-order valence-corrected chi connectivity index (χ2v) is 5.32. The molecule has 0 spiro atoms. The third-order valence-corrected chi connectivity index (χ3v) is 3.27. The van der Waals surface area contributed by atoms with Crippen LogP contribution in [0.2, 0.25) is 0 Å². The quantitative estimate of drug-likeness (QED) is 0.587. The molecule has 0 aliphatic carbocycles. The number of hydrogen-bond acceptors (Lipinski definition) is 3. The molecule has 0 amide bonds. The molecular formula is C9H12I2N2O. The monoisotopic (exact) mass is 418 g/mol. The number of nitrogens with two attached hydrogens (primary N) is 1. The fraction of sp³-hybridized carbons (Fsp3) is 0.444. The van der Waals surface area contributed by atoms with E-state index in [1.165, 1.54) is 0 Å². The molecule has 5 heteroatoms. The van der Waals surface area contributed by atoms with Gasteiger partial charge in [-0.15, -0.1) is 0 Å². The van der Waals surface area contributed by atoms with E-state index in [1.54, 1.807) is 0 Å². The summed E-state index contributed by atoms with van der Waals surface area (Å²) in [6, 6.07) is 1.67. The van der Waals surface area contributed by atoms with Gasteiger partial charge in [0.1, 0.15) is 9.39 Å². The minimum absolute atomic E-state index is 0.164. The molecule has 1 heterocycles. The van der Waals surface area contributed by atoms with Gasteiger partial charge in [0.05, 0.1) is 9.61 Å².